The first-order valence-electron chi connectivity index (χ1n) is 10.7. The summed E-state index contributed by atoms with van der Waals surface area (Å²) >= 11 is 13.5. The molecule has 0 unspecified atom stereocenters. The van der Waals surface area contributed by atoms with E-state index in [0.29, 0.717) is 33.2 Å². The predicted molar refractivity (Wildman–Crippen MR) is 141 cm³/mol. The highest BCUT2D eigenvalue weighted by molar-refractivity contribution is 7.99. The van der Waals surface area contributed by atoms with E-state index < -0.39 is 0 Å². The lowest BCUT2D eigenvalue weighted by Crippen LogP contribution is -2.20. The molecule has 0 bridgehead atoms. The number of ether oxygens (including phenoxy) is 1. The van der Waals surface area contributed by atoms with Crippen molar-refractivity contribution in [3.8, 4) is 22.8 Å². The van der Waals surface area contributed by atoms with Crippen LogP contribution in [0.1, 0.15) is 12.5 Å². The summed E-state index contributed by atoms with van der Waals surface area (Å²) in [5, 5.41) is 14.2. The van der Waals surface area contributed by atoms with Crippen molar-refractivity contribution in [1.29, 1.82) is 0 Å². The zero-order chi connectivity index (χ0) is 24.6. The molecular formula is C25H21Cl2N5O2S. The fraction of sp³-hybridized carbons (Fsp3) is 0.120. The molecule has 0 aliphatic rings. The molecular weight excluding hydrogens is 505 g/mol. The molecule has 1 amide bonds. The average Bonchev–Trinajstić information content (AvgIpc) is 3.30. The Morgan fingerprint density at radius 1 is 1.03 bits per heavy atom. The molecule has 0 fully saturated rings. The van der Waals surface area contributed by atoms with Gasteiger partial charge in [0, 0.05) is 16.8 Å². The van der Waals surface area contributed by atoms with E-state index in [0.717, 1.165) is 17.0 Å². The van der Waals surface area contributed by atoms with Crippen molar-refractivity contribution in [3.63, 3.8) is 0 Å². The van der Waals surface area contributed by atoms with Crippen molar-refractivity contribution < 1.29 is 9.53 Å². The topological polar surface area (TPSA) is 81.4 Å². The number of hydrazone groups is 1. The second kappa shape index (κ2) is 11.9. The number of carbonyl (C=O) groups is 1. The Hall–Kier alpha value is -3.33. The summed E-state index contributed by atoms with van der Waals surface area (Å²) in [4.78, 5) is 12.4. The second-order valence-electron chi connectivity index (χ2n) is 7.15. The highest BCUT2D eigenvalue weighted by atomic mass is 35.5. The molecule has 0 radical (unpaired) electrons. The fourth-order valence-corrected chi connectivity index (χ4v) is 4.43. The molecule has 3 aromatic carbocycles. The molecule has 0 saturated carbocycles. The van der Waals surface area contributed by atoms with Gasteiger partial charge in [0.05, 0.1) is 28.6 Å². The van der Waals surface area contributed by atoms with Gasteiger partial charge in [0.1, 0.15) is 5.75 Å². The first kappa shape index (κ1) is 24.8. The van der Waals surface area contributed by atoms with E-state index in [1.54, 1.807) is 18.2 Å². The van der Waals surface area contributed by atoms with Gasteiger partial charge in [0.15, 0.2) is 11.0 Å². The maximum atomic E-state index is 12.4. The second-order valence-corrected chi connectivity index (χ2v) is 8.91. The van der Waals surface area contributed by atoms with Crippen LogP contribution in [0.2, 0.25) is 10.0 Å². The summed E-state index contributed by atoms with van der Waals surface area (Å²) in [7, 11) is 0. The number of benzene rings is 3. The minimum atomic E-state index is -0.308. The van der Waals surface area contributed by atoms with Crippen LogP contribution in [0.5, 0.6) is 5.75 Å². The molecule has 7 nitrogen and oxygen atoms in total. The Bertz CT molecular complexity index is 1310. The predicted octanol–water partition coefficient (Wildman–Crippen LogP) is 5.88. The summed E-state index contributed by atoms with van der Waals surface area (Å²) in [6.07, 6.45) is 1.42. The molecule has 4 aromatic rings. The summed E-state index contributed by atoms with van der Waals surface area (Å²) in [6.45, 7) is 2.52. The van der Waals surface area contributed by atoms with Crippen molar-refractivity contribution in [2.75, 3.05) is 12.4 Å². The molecule has 0 aliphatic heterocycles. The van der Waals surface area contributed by atoms with Crippen LogP contribution in [0.3, 0.4) is 0 Å². The SMILES string of the molecule is CCOc1ccc(-n2c(SCC(=O)N/N=C\c3c(Cl)cccc3Cl)nnc2-c2ccccc2)cc1. The van der Waals surface area contributed by atoms with Crippen molar-refractivity contribution in [2.24, 2.45) is 5.10 Å². The third-order valence-corrected chi connectivity index (χ3v) is 6.37. The van der Waals surface area contributed by atoms with Gasteiger partial charge < -0.3 is 4.74 Å². The van der Waals surface area contributed by atoms with Gasteiger partial charge in [-0.2, -0.15) is 5.10 Å². The van der Waals surface area contributed by atoms with E-state index in [2.05, 4.69) is 20.7 Å². The van der Waals surface area contributed by atoms with Crippen LogP contribution in [0.4, 0.5) is 0 Å². The van der Waals surface area contributed by atoms with Crippen LogP contribution in [-0.4, -0.2) is 39.2 Å². The van der Waals surface area contributed by atoms with Gasteiger partial charge in [-0.15, -0.1) is 10.2 Å². The summed E-state index contributed by atoms with van der Waals surface area (Å²) in [6, 6.07) is 22.5. The maximum Gasteiger partial charge on any atom is 0.250 e. The van der Waals surface area contributed by atoms with E-state index in [-0.39, 0.29) is 11.7 Å². The number of nitrogens with zero attached hydrogens (tertiary/aromatic N) is 4. The normalized spacial score (nSPS) is 11.1. The minimum Gasteiger partial charge on any atom is -0.494 e. The Labute approximate surface area is 217 Å². The largest absolute Gasteiger partial charge is 0.494 e. The molecule has 0 spiro atoms. The van der Waals surface area contributed by atoms with Crippen LogP contribution in [0, 0.1) is 0 Å². The number of nitrogens with one attached hydrogen (secondary N) is 1. The third kappa shape index (κ3) is 6.22. The highest BCUT2D eigenvalue weighted by Crippen LogP contribution is 2.29. The Balaban J connectivity index is 1.52. The van der Waals surface area contributed by atoms with Gasteiger partial charge in [-0.3, -0.25) is 9.36 Å². The van der Waals surface area contributed by atoms with Crippen molar-refractivity contribution >= 4 is 47.1 Å². The molecule has 1 aromatic heterocycles. The minimum absolute atomic E-state index is 0.0809. The van der Waals surface area contributed by atoms with Gasteiger partial charge >= 0.3 is 0 Å². The quantitative estimate of drug-likeness (QED) is 0.167. The zero-order valence-corrected chi connectivity index (χ0v) is 21.0. The Kier molecular flexibility index (Phi) is 8.41. The van der Waals surface area contributed by atoms with E-state index in [1.165, 1.54) is 18.0 Å². The lowest BCUT2D eigenvalue weighted by atomic mass is 10.2. The molecule has 10 heteroatoms. The van der Waals surface area contributed by atoms with Gasteiger partial charge in [-0.05, 0) is 43.3 Å². The smallest absolute Gasteiger partial charge is 0.250 e. The van der Waals surface area contributed by atoms with Crippen LogP contribution in [0.25, 0.3) is 17.1 Å². The molecule has 1 heterocycles. The van der Waals surface area contributed by atoms with E-state index >= 15 is 0 Å². The van der Waals surface area contributed by atoms with E-state index in [4.69, 9.17) is 27.9 Å². The van der Waals surface area contributed by atoms with Crippen LogP contribution in [0.15, 0.2) is 83.1 Å². The van der Waals surface area contributed by atoms with Gasteiger partial charge in [-0.25, -0.2) is 5.43 Å². The standard InChI is InChI=1S/C25H21Cl2N5O2S/c1-2-34-19-13-11-18(12-14-19)32-24(17-7-4-3-5-8-17)30-31-25(32)35-16-23(33)29-28-15-20-21(26)9-6-10-22(20)27/h3-15H,2,16H2,1H3,(H,29,33)/b28-15-. The van der Waals surface area contributed by atoms with E-state index in [9.17, 15) is 4.79 Å². The van der Waals surface area contributed by atoms with Crippen LogP contribution >= 0.6 is 35.0 Å². The number of carbonyl (C=O) groups excluding carboxylic acids is 1. The van der Waals surface area contributed by atoms with Gasteiger partial charge in [0.25, 0.3) is 5.91 Å². The van der Waals surface area contributed by atoms with Gasteiger partial charge in [-0.1, -0.05) is 71.4 Å². The first-order valence-corrected chi connectivity index (χ1v) is 12.4. The first-order chi connectivity index (χ1) is 17.1. The number of hydrogen-bond acceptors (Lipinski definition) is 6. The fourth-order valence-electron chi connectivity index (χ4n) is 3.19. The third-order valence-electron chi connectivity index (χ3n) is 4.79. The molecule has 0 atom stereocenters. The lowest BCUT2D eigenvalue weighted by molar-refractivity contribution is -0.118. The Morgan fingerprint density at radius 3 is 2.43 bits per heavy atom. The highest BCUT2D eigenvalue weighted by Gasteiger charge is 2.17. The Morgan fingerprint density at radius 2 is 1.74 bits per heavy atom. The maximum absolute atomic E-state index is 12.4. The molecule has 0 aliphatic carbocycles. The molecule has 35 heavy (non-hydrogen) atoms. The number of amides is 1. The summed E-state index contributed by atoms with van der Waals surface area (Å²) in [5.41, 5.74) is 4.79. The summed E-state index contributed by atoms with van der Waals surface area (Å²) < 4.78 is 7.47. The monoisotopic (exact) mass is 525 g/mol. The van der Waals surface area contributed by atoms with Crippen LogP contribution in [-0.2, 0) is 4.79 Å². The van der Waals surface area contributed by atoms with Crippen molar-refractivity contribution in [2.45, 2.75) is 12.1 Å². The summed E-state index contributed by atoms with van der Waals surface area (Å²) in [5.74, 6) is 1.22. The van der Waals surface area contributed by atoms with Crippen molar-refractivity contribution in [1.82, 2.24) is 20.2 Å². The molecule has 4 rings (SSSR count). The number of rotatable bonds is 9. The number of halogens is 2. The van der Waals surface area contributed by atoms with E-state index in [1.807, 2.05) is 66.1 Å². The van der Waals surface area contributed by atoms with Crippen LogP contribution < -0.4 is 10.2 Å². The van der Waals surface area contributed by atoms with Crippen molar-refractivity contribution in [3.05, 3.63) is 88.4 Å². The lowest BCUT2D eigenvalue weighted by Gasteiger charge is -2.11. The number of aromatic nitrogens is 3. The number of thioether (sulfide) groups is 1. The average molecular weight is 526 g/mol. The van der Waals surface area contributed by atoms with Gasteiger partial charge in [0.2, 0.25) is 0 Å². The molecule has 0 saturated heterocycles. The zero-order valence-electron chi connectivity index (χ0n) is 18.7. The molecule has 1 N–H and O–H groups in total. The number of hydrogen-bond donors (Lipinski definition) is 1. The molecule has 178 valence electrons.